The number of esters is 2. The maximum atomic E-state index is 10.9. The van der Waals surface area contributed by atoms with Gasteiger partial charge in [-0.3, -0.25) is 4.79 Å². The smallest absolute Gasteiger partial charge is 0.333 e. The molecule has 0 saturated carbocycles. The van der Waals surface area contributed by atoms with Crippen LogP contribution in [0.3, 0.4) is 0 Å². The number of carbonyl (C=O) groups excluding carboxylic acids is 3. The number of rotatable bonds is 10. The van der Waals surface area contributed by atoms with Crippen molar-refractivity contribution in [3.8, 4) is 0 Å². The summed E-state index contributed by atoms with van der Waals surface area (Å²) >= 11 is 0. The second-order valence-corrected chi connectivity index (χ2v) is 7.67. The number of nitrogens with zero attached hydrogens (tertiary/aromatic N) is 3. The van der Waals surface area contributed by atoms with Gasteiger partial charge in [0.05, 0.1) is 6.61 Å². The lowest BCUT2D eigenvalue weighted by atomic mass is 10.3. The Morgan fingerprint density at radius 2 is 1.45 bits per heavy atom. The molecule has 0 radical (unpaired) electrons. The molecule has 0 aliphatic carbocycles. The van der Waals surface area contributed by atoms with Crippen LogP contribution in [0.15, 0.2) is 37.1 Å². The van der Waals surface area contributed by atoms with Crippen LogP contribution in [0.2, 0.25) is 0 Å². The molecule has 0 N–H and O–H groups in total. The molecular weight excluding hydrogens is 398 g/mol. The van der Waals surface area contributed by atoms with Gasteiger partial charge in [0, 0.05) is 37.2 Å². The Morgan fingerprint density at radius 3 is 1.77 bits per heavy atom. The zero-order valence-electron chi connectivity index (χ0n) is 20.2. The predicted octanol–water partition coefficient (Wildman–Crippen LogP) is 2.48. The Labute approximate surface area is 188 Å². The molecular formula is C23H41N3O5. The van der Waals surface area contributed by atoms with Crippen molar-refractivity contribution in [1.29, 1.82) is 0 Å². The highest BCUT2D eigenvalue weighted by molar-refractivity contribution is 5.87. The molecule has 8 nitrogen and oxygen atoms in total. The molecule has 0 unspecified atom stereocenters. The molecule has 0 aromatic rings. The lowest BCUT2D eigenvalue weighted by Gasteiger charge is -2.09. The highest BCUT2D eigenvalue weighted by atomic mass is 16.5. The van der Waals surface area contributed by atoms with E-state index in [0.29, 0.717) is 30.8 Å². The summed E-state index contributed by atoms with van der Waals surface area (Å²) in [5.41, 5.74) is 0.906. The number of carbonyl (C=O) groups is 3. The summed E-state index contributed by atoms with van der Waals surface area (Å²) in [4.78, 5) is 37.9. The van der Waals surface area contributed by atoms with Crippen molar-refractivity contribution < 1.29 is 23.9 Å². The summed E-state index contributed by atoms with van der Waals surface area (Å²) in [6, 6.07) is 0. The van der Waals surface area contributed by atoms with Crippen molar-refractivity contribution in [3.05, 3.63) is 37.1 Å². The Hall–Kier alpha value is -2.45. The molecule has 1 aliphatic rings. The highest BCUT2D eigenvalue weighted by Crippen LogP contribution is 2.08. The third-order valence-electron chi connectivity index (χ3n) is 3.78. The Balaban J connectivity index is 0. The molecule has 1 saturated heterocycles. The molecule has 0 bridgehead atoms. The second-order valence-electron chi connectivity index (χ2n) is 7.67. The van der Waals surface area contributed by atoms with Crippen molar-refractivity contribution in [3.63, 3.8) is 0 Å². The number of amides is 1. The molecule has 1 amide bonds. The molecule has 8 heteroatoms. The Kier molecular flexibility index (Phi) is 18.2. The van der Waals surface area contributed by atoms with Gasteiger partial charge in [0.1, 0.15) is 6.61 Å². The minimum Gasteiger partial charge on any atom is -0.462 e. The molecule has 0 atom stereocenters. The molecule has 0 aromatic carbocycles. The van der Waals surface area contributed by atoms with E-state index in [0.717, 1.165) is 32.5 Å². The fraction of sp³-hybridized carbons (Fsp3) is 0.609. The minimum absolute atomic E-state index is 0.208. The quantitative estimate of drug-likeness (QED) is 0.294. The maximum absolute atomic E-state index is 10.9. The lowest BCUT2D eigenvalue weighted by Crippen LogP contribution is -2.20. The largest absolute Gasteiger partial charge is 0.462 e. The monoisotopic (exact) mass is 439 g/mol. The fourth-order valence-electron chi connectivity index (χ4n) is 1.97. The van der Waals surface area contributed by atoms with Gasteiger partial charge in [-0.2, -0.15) is 0 Å². The normalized spacial score (nSPS) is 12.4. The van der Waals surface area contributed by atoms with E-state index in [1.807, 2.05) is 33.1 Å². The summed E-state index contributed by atoms with van der Waals surface area (Å²) in [5.74, 6) is -0.402. The first kappa shape index (κ1) is 30.7. The molecule has 1 heterocycles. The highest BCUT2D eigenvalue weighted by Gasteiger charge is 2.16. The van der Waals surface area contributed by atoms with Crippen molar-refractivity contribution in [1.82, 2.24) is 14.7 Å². The van der Waals surface area contributed by atoms with E-state index in [1.54, 1.807) is 24.9 Å². The number of hydrogen-bond acceptors (Lipinski definition) is 7. The van der Waals surface area contributed by atoms with Crippen molar-refractivity contribution >= 4 is 17.8 Å². The molecule has 0 spiro atoms. The van der Waals surface area contributed by atoms with Crippen LogP contribution in [0, 0.1) is 0 Å². The molecule has 1 aliphatic heterocycles. The number of likely N-dealkylation sites (tertiary alicyclic amines) is 1. The standard InChI is InChI=1S/C9H17NO2.C8H15NO2.C6H9NO/c1-8(2)9(11)12-7-5-6-10(3)4;1-7(2)8(10)11-6-5-9(3)4;1-2-7-5-3-4-6(7)8/h1,5-7H2,2-4H3;1,5-6H2,2-4H3;2H,1,3-5H2. The van der Waals surface area contributed by atoms with Crippen molar-refractivity contribution in [2.24, 2.45) is 0 Å². The number of hydrogen-bond donors (Lipinski definition) is 0. The van der Waals surface area contributed by atoms with Gasteiger partial charge in [0.2, 0.25) is 5.91 Å². The average molecular weight is 440 g/mol. The van der Waals surface area contributed by atoms with Crippen LogP contribution < -0.4 is 0 Å². The van der Waals surface area contributed by atoms with E-state index in [2.05, 4.69) is 24.6 Å². The van der Waals surface area contributed by atoms with Gasteiger partial charge in [-0.15, -0.1) is 0 Å². The molecule has 0 aromatic heterocycles. The molecule has 31 heavy (non-hydrogen) atoms. The van der Waals surface area contributed by atoms with Gasteiger partial charge in [0.15, 0.2) is 0 Å². The summed E-state index contributed by atoms with van der Waals surface area (Å²) < 4.78 is 9.72. The molecule has 1 rings (SSSR count). The van der Waals surface area contributed by atoms with Gasteiger partial charge in [-0.05, 0) is 61.1 Å². The van der Waals surface area contributed by atoms with Crippen LogP contribution in [-0.4, -0.2) is 93.6 Å². The van der Waals surface area contributed by atoms with Crippen LogP contribution in [-0.2, 0) is 23.9 Å². The summed E-state index contributed by atoms with van der Waals surface area (Å²) in [5, 5.41) is 0. The fourth-order valence-corrected chi connectivity index (χ4v) is 1.97. The van der Waals surface area contributed by atoms with Crippen LogP contribution in [0.4, 0.5) is 0 Å². The van der Waals surface area contributed by atoms with Gasteiger partial charge in [-0.1, -0.05) is 19.7 Å². The molecule has 178 valence electrons. The van der Waals surface area contributed by atoms with Crippen LogP contribution in [0.25, 0.3) is 0 Å². The van der Waals surface area contributed by atoms with E-state index in [4.69, 9.17) is 9.47 Å². The first-order valence-electron chi connectivity index (χ1n) is 10.3. The molecule has 1 fully saturated rings. The zero-order chi connectivity index (χ0) is 24.4. The summed E-state index contributed by atoms with van der Waals surface area (Å²) in [6.45, 7) is 17.2. The maximum Gasteiger partial charge on any atom is 0.333 e. The first-order valence-corrected chi connectivity index (χ1v) is 10.3. The van der Waals surface area contributed by atoms with Crippen molar-refractivity contribution in [2.75, 3.05) is 61.0 Å². The van der Waals surface area contributed by atoms with E-state index >= 15 is 0 Å². The minimum atomic E-state index is -0.313. The Morgan fingerprint density at radius 1 is 0.968 bits per heavy atom. The number of ether oxygens (including phenoxy) is 2. The SMILES string of the molecule is C=C(C)C(=O)OCCCN(C)C.C=C(C)C(=O)OCCN(C)C.C=CN1CCCC1=O. The van der Waals surface area contributed by atoms with E-state index in [1.165, 1.54) is 0 Å². The Bertz CT molecular complexity index is 600. The number of likely N-dealkylation sites (N-methyl/N-ethyl adjacent to an activating group) is 1. The summed E-state index contributed by atoms with van der Waals surface area (Å²) in [7, 11) is 7.82. The lowest BCUT2D eigenvalue weighted by molar-refractivity contribution is -0.140. The predicted molar refractivity (Wildman–Crippen MR) is 124 cm³/mol. The topological polar surface area (TPSA) is 79.4 Å². The summed E-state index contributed by atoms with van der Waals surface area (Å²) in [6.07, 6.45) is 4.15. The second kappa shape index (κ2) is 18.3. The van der Waals surface area contributed by atoms with Crippen molar-refractivity contribution in [2.45, 2.75) is 33.1 Å². The van der Waals surface area contributed by atoms with Crippen LogP contribution in [0.5, 0.6) is 0 Å². The third kappa shape index (κ3) is 19.3. The first-order chi connectivity index (χ1) is 14.4. The third-order valence-corrected chi connectivity index (χ3v) is 3.78. The average Bonchev–Trinajstić information content (AvgIpc) is 3.10. The van der Waals surface area contributed by atoms with E-state index in [-0.39, 0.29) is 17.8 Å². The van der Waals surface area contributed by atoms with Crippen LogP contribution in [0.1, 0.15) is 33.1 Å². The van der Waals surface area contributed by atoms with Gasteiger partial charge >= 0.3 is 11.9 Å². The van der Waals surface area contributed by atoms with Gasteiger partial charge < -0.3 is 24.2 Å². The van der Waals surface area contributed by atoms with Gasteiger partial charge in [-0.25, -0.2) is 9.59 Å². The van der Waals surface area contributed by atoms with E-state index in [9.17, 15) is 14.4 Å². The van der Waals surface area contributed by atoms with Gasteiger partial charge in [0.25, 0.3) is 0 Å². The van der Waals surface area contributed by atoms with Crippen LogP contribution >= 0.6 is 0 Å². The zero-order valence-corrected chi connectivity index (χ0v) is 20.2. The van der Waals surface area contributed by atoms with E-state index < -0.39 is 0 Å².